The standard InChI is InChI=1S/C25H28FNO4/c1-3-17(2)18-4-6-19(7-5-18)23(28)16-31-25(30)21-12-14-27(15-13-21)24(29)20-8-10-22(26)11-9-20/h4-11,17,21H,3,12-16H2,1-2H3/t17-/m1/s1. The summed E-state index contributed by atoms with van der Waals surface area (Å²) in [6, 6.07) is 12.9. The van der Waals surface area contributed by atoms with Crippen LogP contribution in [0.2, 0.25) is 0 Å². The highest BCUT2D eigenvalue weighted by Gasteiger charge is 2.29. The van der Waals surface area contributed by atoms with Gasteiger partial charge in [0.05, 0.1) is 5.92 Å². The Bertz CT molecular complexity index is 916. The molecule has 1 aliphatic heterocycles. The third-order valence-electron chi connectivity index (χ3n) is 5.97. The van der Waals surface area contributed by atoms with Crippen LogP contribution in [0.15, 0.2) is 48.5 Å². The summed E-state index contributed by atoms with van der Waals surface area (Å²) in [6.45, 7) is 4.81. The SMILES string of the molecule is CC[C@@H](C)c1ccc(C(=O)COC(=O)C2CCN(C(=O)c3ccc(F)cc3)CC2)cc1. The van der Waals surface area contributed by atoms with Crippen molar-refractivity contribution in [1.82, 2.24) is 4.90 Å². The van der Waals surface area contributed by atoms with Gasteiger partial charge in [0.15, 0.2) is 12.4 Å². The van der Waals surface area contributed by atoms with Gasteiger partial charge in [-0.05, 0) is 55.0 Å². The van der Waals surface area contributed by atoms with Crippen LogP contribution in [0.3, 0.4) is 0 Å². The van der Waals surface area contributed by atoms with Crippen molar-refractivity contribution in [1.29, 1.82) is 0 Å². The summed E-state index contributed by atoms with van der Waals surface area (Å²) < 4.78 is 18.3. The molecule has 0 aromatic heterocycles. The fraction of sp³-hybridized carbons (Fsp3) is 0.400. The van der Waals surface area contributed by atoms with E-state index in [0.717, 1.165) is 6.42 Å². The van der Waals surface area contributed by atoms with Crippen LogP contribution in [-0.4, -0.2) is 42.3 Å². The predicted octanol–water partition coefficient (Wildman–Crippen LogP) is 4.62. The van der Waals surface area contributed by atoms with Crippen LogP contribution in [0.25, 0.3) is 0 Å². The zero-order valence-corrected chi connectivity index (χ0v) is 18.0. The maximum atomic E-state index is 13.0. The highest BCUT2D eigenvalue weighted by Crippen LogP contribution is 2.21. The molecule has 164 valence electrons. The van der Waals surface area contributed by atoms with E-state index in [1.807, 2.05) is 12.1 Å². The number of benzene rings is 2. The fourth-order valence-electron chi connectivity index (χ4n) is 3.66. The molecule has 0 N–H and O–H groups in total. The number of esters is 1. The molecule has 1 aliphatic rings. The molecule has 1 heterocycles. The van der Waals surface area contributed by atoms with Crippen LogP contribution < -0.4 is 0 Å². The lowest BCUT2D eigenvalue weighted by Crippen LogP contribution is -2.40. The average Bonchev–Trinajstić information content (AvgIpc) is 2.82. The fourth-order valence-corrected chi connectivity index (χ4v) is 3.66. The van der Waals surface area contributed by atoms with Gasteiger partial charge in [0.25, 0.3) is 5.91 Å². The van der Waals surface area contributed by atoms with E-state index in [1.165, 1.54) is 29.8 Å². The highest BCUT2D eigenvalue weighted by molar-refractivity contribution is 5.98. The molecular formula is C25H28FNO4. The molecule has 2 aromatic carbocycles. The van der Waals surface area contributed by atoms with Crippen LogP contribution >= 0.6 is 0 Å². The van der Waals surface area contributed by atoms with Gasteiger partial charge < -0.3 is 9.64 Å². The Labute approximate surface area is 182 Å². The summed E-state index contributed by atoms with van der Waals surface area (Å²) in [5.74, 6) is -1.10. The third kappa shape index (κ3) is 5.78. The second-order valence-corrected chi connectivity index (χ2v) is 8.04. The lowest BCUT2D eigenvalue weighted by Gasteiger charge is -2.31. The second kappa shape index (κ2) is 10.3. The van der Waals surface area contributed by atoms with E-state index < -0.39 is 5.97 Å². The topological polar surface area (TPSA) is 63.7 Å². The van der Waals surface area contributed by atoms with E-state index in [0.29, 0.717) is 43.0 Å². The van der Waals surface area contributed by atoms with Gasteiger partial charge in [0.2, 0.25) is 0 Å². The minimum absolute atomic E-state index is 0.178. The normalized spacial score (nSPS) is 15.4. The quantitative estimate of drug-likeness (QED) is 0.480. The molecule has 1 saturated heterocycles. The van der Waals surface area contributed by atoms with Gasteiger partial charge in [0, 0.05) is 24.2 Å². The zero-order valence-electron chi connectivity index (χ0n) is 18.0. The predicted molar refractivity (Wildman–Crippen MR) is 115 cm³/mol. The van der Waals surface area contributed by atoms with Crippen LogP contribution in [0, 0.1) is 11.7 Å². The molecule has 5 nitrogen and oxygen atoms in total. The molecule has 0 spiro atoms. The van der Waals surface area contributed by atoms with E-state index in [1.54, 1.807) is 17.0 Å². The molecule has 1 fully saturated rings. The number of piperidine rings is 1. The molecule has 0 unspecified atom stereocenters. The van der Waals surface area contributed by atoms with Gasteiger partial charge in [-0.1, -0.05) is 38.1 Å². The Morgan fingerprint density at radius 3 is 2.16 bits per heavy atom. The first kappa shape index (κ1) is 22.7. The van der Waals surface area contributed by atoms with Gasteiger partial charge in [-0.15, -0.1) is 0 Å². The summed E-state index contributed by atoms with van der Waals surface area (Å²) in [6.07, 6.45) is 1.98. The van der Waals surface area contributed by atoms with Crippen molar-refractivity contribution in [2.45, 2.75) is 39.0 Å². The molecule has 0 bridgehead atoms. The van der Waals surface area contributed by atoms with Crippen molar-refractivity contribution < 1.29 is 23.5 Å². The van der Waals surface area contributed by atoms with Gasteiger partial charge >= 0.3 is 5.97 Å². The number of rotatable bonds is 7. The number of halogens is 1. The summed E-state index contributed by atoms with van der Waals surface area (Å²) in [5, 5.41) is 0. The number of Topliss-reactive ketones (excluding diaryl/α,β-unsaturated/α-hetero) is 1. The maximum absolute atomic E-state index is 13.0. The van der Waals surface area contributed by atoms with Crippen LogP contribution in [0.5, 0.6) is 0 Å². The third-order valence-corrected chi connectivity index (χ3v) is 5.97. The van der Waals surface area contributed by atoms with Gasteiger partial charge in [-0.2, -0.15) is 0 Å². The van der Waals surface area contributed by atoms with Crippen molar-refractivity contribution in [2.75, 3.05) is 19.7 Å². The minimum atomic E-state index is -0.404. The summed E-state index contributed by atoms with van der Waals surface area (Å²) in [5.41, 5.74) is 2.13. The average molecular weight is 426 g/mol. The Kier molecular flexibility index (Phi) is 7.55. The van der Waals surface area contributed by atoms with Crippen molar-refractivity contribution in [3.8, 4) is 0 Å². The zero-order chi connectivity index (χ0) is 22.4. The largest absolute Gasteiger partial charge is 0.457 e. The number of hydrogen-bond donors (Lipinski definition) is 0. The highest BCUT2D eigenvalue weighted by atomic mass is 19.1. The van der Waals surface area contributed by atoms with Crippen molar-refractivity contribution >= 4 is 17.7 Å². The van der Waals surface area contributed by atoms with Crippen LogP contribution in [0.4, 0.5) is 4.39 Å². The summed E-state index contributed by atoms with van der Waals surface area (Å²) in [7, 11) is 0. The Morgan fingerprint density at radius 2 is 1.58 bits per heavy atom. The number of amides is 1. The van der Waals surface area contributed by atoms with Gasteiger partial charge in [0.1, 0.15) is 5.82 Å². The lowest BCUT2D eigenvalue weighted by atomic mass is 9.96. The molecule has 2 aromatic rings. The van der Waals surface area contributed by atoms with Gasteiger partial charge in [-0.3, -0.25) is 14.4 Å². The molecule has 1 atom stereocenters. The maximum Gasteiger partial charge on any atom is 0.309 e. The summed E-state index contributed by atoms with van der Waals surface area (Å²) >= 11 is 0. The first-order valence-electron chi connectivity index (χ1n) is 10.7. The van der Waals surface area contributed by atoms with Crippen molar-refractivity contribution in [2.24, 2.45) is 5.92 Å². The molecule has 3 rings (SSSR count). The second-order valence-electron chi connectivity index (χ2n) is 8.04. The molecule has 31 heavy (non-hydrogen) atoms. The van der Waals surface area contributed by atoms with E-state index in [-0.39, 0.29) is 30.0 Å². The Morgan fingerprint density at radius 1 is 1.00 bits per heavy atom. The van der Waals surface area contributed by atoms with Gasteiger partial charge in [-0.25, -0.2) is 4.39 Å². The molecule has 1 amide bonds. The molecular weight excluding hydrogens is 397 g/mol. The van der Waals surface area contributed by atoms with Crippen LogP contribution in [-0.2, 0) is 9.53 Å². The van der Waals surface area contributed by atoms with Crippen molar-refractivity contribution in [3.63, 3.8) is 0 Å². The molecule has 0 radical (unpaired) electrons. The lowest BCUT2D eigenvalue weighted by molar-refractivity contribution is -0.148. The molecule has 0 aliphatic carbocycles. The number of carbonyl (C=O) groups excluding carboxylic acids is 3. The van der Waals surface area contributed by atoms with E-state index >= 15 is 0 Å². The van der Waals surface area contributed by atoms with Crippen LogP contribution in [0.1, 0.15) is 65.3 Å². The minimum Gasteiger partial charge on any atom is -0.457 e. The number of ketones is 1. The Hall–Kier alpha value is -3.02. The van der Waals surface area contributed by atoms with Crippen molar-refractivity contribution in [3.05, 3.63) is 71.0 Å². The van der Waals surface area contributed by atoms with E-state index in [4.69, 9.17) is 4.74 Å². The number of ether oxygens (including phenoxy) is 1. The molecule has 6 heteroatoms. The number of likely N-dealkylation sites (tertiary alicyclic amines) is 1. The first-order valence-corrected chi connectivity index (χ1v) is 10.7. The monoisotopic (exact) mass is 425 g/mol. The number of carbonyl (C=O) groups is 3. The molecule has 0 saturated carbocycles. The van der Waals surface area contributed by atoms with E-state index in [9.17, 15) is 18.8 Å². The Balaban J connectivity index is 1.46. The van der Waals surface area contributed by atoms with E-state index in [2.05, 4.69) is 13.8 Å². The number of nitrogens with zero attached hydrogens (tertiary/aromatic N) is 1. The smallest absolute Gasteiger partial charge is 0.309 e. The number of hydrogen-bond acceptors (Lipinski definition) is 4. The summed E-state index contributed by atoms with van der Waals surface area (Å²) in [4.78, 5) is 38.9. The first-order chi connectivity index (χ1) is 14.9.